The van der Waals surface area contributed by atoms with Crippen LogP contribution in [0.3, 0.4) is 0 Å². The highest BCUT2D eigenvalue weighted by Gasteiger charge is 2.48. The maximum atomic E-state index is 11.5. The summed E-state index contributed by atoms with van der Waals surface area (Å²) in [5.41, 5.74) is 0. The average molecular weight is 550 g/mol. The molecule has 1 aliphatic heterocycles. The molecule has 1 aliphatic rings. The van der Waals surface area contributed by atoms with Gasteiger partial charge in [-0.15, -0.1) is 9.43 Å². The number of carbonyl (C=O) groups excluding carboxylic acids is 1. The molecule has 0 aromatic heterocycles. The minimum Gasteiger partial charge on any atom is -0.451 e. The lowest BCUT2D eigenvalue weighted by Gasteiger charge is -2.16. The number of rotatable bonds is 9. The van der Waals surface area contributed by atoms with Crippen molar-refractivity contribution < 1.29 is 50.9 Å². The summed E-state index contributed by atoms with van der Waals surface area (Å²) in [7, 11) is -8.38. The molecular weight excluding hydrogens is 541 g/mol. The molecule has 140 valence electrons. The highest BCUT2D eigenvalue weighted by molar-refractivity contribution is 14.1. The van der Waals surface area contributed by atoms with E-state index < -0.39 is 57.9 Å². The van der Waals surface area contributed by atoms with Gasteiger partial charge in [-0.1, -0.05) is 35.2 Å². The van der Waals surface area contributed by atoms with Crippen LogP contribution in [0.2, 0.25) is 0 Å². The lowest BCUT2D eigenvalue weighted by Crippen LogP contribution is -2.33. The summed E-state index contributed by atoms with van der Waals surface area (Å²) in [5, 5.41) is -0.894. The van der Waals surface area contributed by atoms with Gasteiger partial charge in [-0.25, -0.2) is 13.9 Å². The van der Waals surface area contributed by atoms with E-state index in [-0.39, 0.29) is 0 Å². The van der Waals surface area contributed by atoms with Crippen molar-refractivity contribution >= 4 is 72.2 Å². The van der Waals surface area contributed by atoms with Gasteiger partial charge < -0.3 is 19.3 Å². The van der Waals surface area contributed by atoms with Crippen LogP contribution < -0.4 is 0 Å². The Bertz CT molecular complexity index is 632. The molecule has 2 radical (unpaired) electrons. The number of thiol groups is 1. The highest BCUT2D eigenvalue weighted by atomic mass is 127. The fourth-order valence-corrected chi connectivity index (χ4v) is 5.44. The number of halogens is 1. The summed E-state index contributed by atoms with van der Waals surface area (Å²) >= 11 is 5.26. The molecule has 25 heavy (non-hydrogen) atoms. The van der Waals surface area contributed by atoms with Crippen LogP contribution in [0.15, 0.2) is 4.95 Å². The summed E-state index contributed by atoms with van der Waals surface area (Å²) in [6.07, 6.45) is -1.72. The molecule has 0 saturated carbocycles. The second-order valence-corrected chi connectivity index (χ2v) is 10.1. The molecule has 0 bridgehead atoms. The second-order valence-electron chi connectivity index (χ2n) is 4.16. The third-order valence-electron chi connectivity index (χ3n) is 2.39. The summed E-state index contributed by atoms with van der Waals surface area (Å²) in [6.45, 7) is -0.480. The smallest absolute Gasteiger partial charge is 0.451 e. The van der Waals surface area contributed by atoms with Crippen LogP contribution in [0.25, 0.3) is 0 Å². The molecule has 6 unspecified atom stereocenters. The van der Waals surface area contributed by atoms with Crippen molar-refractivity contribution in [2.24, 2.45) is 4.95 Å². The maximum Gasteiger partial charge on any atom is 0.708 e. The van der Waals surface area contributed by atoms with E-state index in [1.807, 2.05) is 22.6 Å². The Hall–Kier alpha value is 0.535. The van der Waals surface area contributed by atoms with Crippen molar-refractivity contribution in [3.05, 3.63) is 4.91 Å². The summed E-state index contributed by atoms with van der Waals surface area (Å²) in [6, 6.07) is -1.02. The van der Waals surface area contributed by atoms with Crippen LogP contribution in [-0.2, 0) is 36.3 Å². The van der Waals surface area contributed by atoms with Crippen LogP contribution in [0.4, 0.5) is 4.79 Å². The summed E-state index contributed by atoms with van der Waals surface area (Å²) in [5.74, 6) is 0. The Kier molecular flexibility index (Phi) is 9.10. The molecule has 0 amide bonds. The van der Waals surface area contributed by atoms with Gasteiger partial charge in [-0.3, -0.25) is 0 Å². The van der Waals surface area contributed by atoms with E-state index in [9.17, 15) is 23.4 Å². The number of phosphoric acid groups is 1. The molecule has 2 N–H and O–H groups in total. The summed E-state index contributed by atoms with van der Waals surface area (Å²) in [4.78, 5) is 40.0. The third-order valence-corrected chi connectivity index (χ3v) is 7.60. The lowest BCUT2D eigenvalue weighted by atomic mass is 9.94. The molecule has 0 aliphatic carbocycles. The van der Waals surface area contributed by atoms with Crippen LogP contribution in [-0.4, -0.2) is 51.7 Å². The molecule has 0 aromatic rings. The number of carbonyl (C=O) groups is 1. The number of hydrogen-bond donors (Lipinski definition) is 3. The molecule has 6 atom stereocenters. The summed E-state index contributed by atoms with van der Waals surface area (Å²) < 4.78 is 55.3. The molecule has 0 aromatic carbocycles. The standard InChI is InChI=1S/C6H8BINO12P3S/c7-5-4(19-6(10)25)3(8)2(18-5)1-17-22(12)20-23(13,9-11)21-24(14,15)16/h2-5H,1H2,(H2-,10,14,15,16,25)/p+1. The van der Waals surface area contributed by atoms with Gasteiger partial charge in [0.15, 0.2) is 0 Å². The topological polar surface area (TPSA) is 184 Å². The lowest BCUT2D eigenvalue weighted by molar-refractivity contribution is 0.0346. The van der Waals surface area contributed by atoms with Crippen LogP contribution in [0.1, 0.15) is 0 Å². The van der Waals surface area contributed by atoms with Crippen molar-refractivity contribution in [1.82, 2.24) is 0 Å². The Morgan fingerprint density at radius 1 is 1.44 bits per heavy atom. The largest absolute Gasteiger partial charge is 0.708 e. The van der Waals surface area contributed by atoms with Gasteiger partial charge in [0.25, 0.3) is 0 Å². The fraction of sp³-hybridized carbons (Fsp3) is 0.833. The first-order valence-corrected chi connectivity index (χ1v) is 11.6. The SMILES string of the molecule is [B]C1OC(CO[P+](=O)OP(=O)(N=O)OP(=O)(O)O)C(I)C1OC(=O)S. The number of nitroso groups, excluding NO2 is 1. The zero-order valence-corrected chi connectivity index (χ0v) is 17.4. The number of alkyl halides is 1. The molecule has 1 heterocycles. The Morgan fingerprint density at radius 3 is 2.52 bits per heavy atom. The normalized spacial score (nSPS) is 29.7. The quantitative estimate of drug-likeness (QED) is 0.0721. The van der Waals surface area contributed by atoms with Gasteiger partial charge in [0.2, 0.25) is 0 Å². The third kappa shape index (κ3) is 7.97. The predicted octanol–water partition coefficient (Wildman–Crippen LogP) is 1.79. The molecule has 1 fully saturated rings. The van der Waals surface area contributed by atoms with Crippen LogP contribution in [0.5, 0.6) is 0 Å². The molecule has 1 rings (SSSR count). The van der Waals surface area contributed by atoms with Crippen molar-refractivity contribution in [2.75, 3.05) is 6.61 Å². The fourth-order valence-electron chi connectivity index (χ4n) is 1.55. The first-order valence-electron chi connectivity index (χ1n) is 5.83. The zero-order chi connectivity index (χ0) is 19.4. The first kappa shape index (κ1) is 23.6. The van der Waals surface area contributed by atoms with Crippen molar-refractivity contribution in [3.8, 4) is 0 Å². The Balaban J connectivity index is 2.59. The highest BCUT2D eigenvalue weighted by Crippen LogP contribution is 2.65. The predicted molar refractivity (Wildman–Crippen MR) is 92.7 cm³/mol. The van der Waals surface area contributed by atoms with E-state index in [0.29, 0.717) is 0 Å². The van der Waals surface area contributed by atoms with Crippen molar-refractivity contribution in [3.63, 3.8) is 0 Å². The molecule has 13 nitrogen and oxygen atoms in total. The molecule has 19 heteroatoms. The van der Waals surface area contributed by atoms with E-state index in [0.717, 1.165) is 0 Å². The Labute approximate surface area is 161 Å². The zero-order valence-electron chi connectivity index (χ0n) is 11.7. The molecule has 1 saturated heterocycles. The minimum atomic E-state index is -5.40. The van der Waals surface area contributed by atoms with Crippen molar-refractivity contribution in [1.29, 1.82) is 0 Å². The van der Waals surface area contributed by atoms with E-state index in [1.54, 1.807) is 4.95 Å². The molecule has 0 spiro atoms. The van der Waals surface area contributed by atoms with E-state index >= 15 is 0 Å². The number of ether oxygens (including phenoxy) is 2. The van der Waals surface area contributed by atoms with Gasteiger partial charge in [-0.2, -0.15) is 4.31 Å². The van der Waals surface area contributed by atoms with E-state index in [4.69, 9.17) is 27.1 Å². The molecular formula is C6H9BINO12P3S+. The number of nitrogens with zero attached hydrogens (tertiary/aromatic N) is 1. The maximum absolute atomic E-state index is 11.5. The monoisotopic (exact) mass is 550 g/mol. The van der Waals surface area contributed by atoms with Gasteiger partial charge in [0, 0.05) is 4.57 Å². The number of hydrogen-bond acceptors (Lipinski definition) is 10. The minimum absolute atomic E-state index is 0.480. The van der Waals surface area contributed by atoms with Crippen LogP contribution in [0, 0.1) is 4.91 Å². The van der Waals surface area contributed by atoms with E-state index in [1.165, 1.54) is 0 Å². The van der Waals surface area contributed by atoms with Gasteiger partial charge >= 0.3 is 29.1 Å². The first-order chi connectivity index (χ1) is 11.4. The van der Waals surface area contributed by atoms with E-state index in [2.05, 4.69) is 25.8 Å². The Morgan fingerprint density at radius 2 is 2.04 bits per heavy atom. The van der Waals surface area contributed by atoms with Crippen LogP contribution >= 0.6 is 59.0 Å². The average Bonchev–Trinajstić information content (AvgIpc) is 2.70. The van der Waals surface area contributed by atoms with Gasteiger partial charge in [0.1, 0.15) is 26.7 Å². The second kappa shape index (κ2) is 9.65. The van der Waals surface area contributed by atoms with Gasteiger partial charge in [-0.05, 0) is 4.31 Å². The van der Waals surface area contributed by atoms with Gasteiger partial charge in [0.05, 0.1) is 14.9 Å². The van der Waals surface area contributed by atoms with Crippen molar-refractivity contribution in [2.45, 2.75) is 22.1 Å².